The van der Waals surface area contributed by atoms with Crippen LogP contribution in [0, 0.1) is 0 Å². The van der Waals surface area contributed by atoms with E-state index in [1.54, 1.807) is 24.3 Å². The summed E-state index contributed by atoms with van der Waals surface area (Å²) >= 11 is 6.03. The van der Waals surface area contributed by atoms with E-state index in [-0.39, 0.29) is 12.5 Å². The number of benzene rings is 1. The van der Waals surface area contributed by atoms with Gasteiger partial charge in [0.2, 0.25) is 0 Å². The number of imide groups is 1. The van der Waals surface area contributed by atoms with Gasteiger partial charge in [-0.15, -0.1) is 0 Å². The second-order valence-corrected chi connectivity index (χ2v) is 6.08. The molecule has 1 aromatic rings. The summed E-state index contributed by atoms with van der Waals surface area (Å²) in [5, 5.41) is 13.5. The third kappa shape index (κ3) is 2.40. The molecule has 1 saturated carbocycles. The minimum atomic E-state index is -0.982. The lowest BCUT2D eigenvalue weighted by Gasteiger charge is -2.22. The van der Waals surface area contributed by atoms with Crippen molar-refractivity contribution < 1.29 is 14.7 Å². The first kappa shape index (κ1) is 14.4. The van der Waals surface area contributed by atoms with Gasteiger partial charge in [0.15, 0.2) is 0 Å². The first-order valence-electron chi connectivity index (χ1n) is 7.10. The molecular formula is C15H17ClN2O3. The molecule has 1 unspecified atom stereocenters. The predicted molar refractivity (Wildman–Crippen MR) is 77.9 cm³/mol. The molecule has 0 bridgehead atoms. The van der Waals surface area contributed by atoms with Gasteiger partial charge in [-0.3, -0.25) is 9.69 Å². The maximum absolute atomic E-state index is 12.5. The van der Waals surface area contributed by atoms with E-state index in [9.17, 15) is 14.7 Å². The van der Waals surface area contributed by atoms with Gasteiger partial charge in [-0.1, -0.05) is 42.6 Å². The maximum atomic E-state index is 12.5. The molecule has 3 rings (SSSR count). The fourth-order valence-electron chi connectivity index (χ4n) is 3.18. The molecule has 1 heterocycles. The Kier molecular flexibility index (Phi) is 3.63. The van der Waals surface area contributed by atoms with E-state index >= 15 is 0 Å². The van der Waals surface area contributed by atoms with Gasteiger partial charge in [-0.05, 0) is 18.9 Å². The average Bonchev–Trinajstić information content (AvgIpc) is 3.01. The Balaban J connectivity index is 1.77. The standard InChI is InChI=1S/C15H17ClN2O3/c16-11-6-2-1-5-10(11)12(19)9-18-13(20)15(17-14(18)21)7-3-4-8-15/h1-2,5-6,12,19H,3-4,7-9H2,(H,17,21). The van der Waals surface area contributed by atoms with E-state index in [0.29, 0.717) is 23.4 Å². The molecule has 3 amide bonds. The molecule has 2 N–H and O–H groups in total. The van der Waals surface area contributed by atoms with Crippen LogP contribution in [0.25, 0.3) is 0 Å². The van der Waals surface area contributed by atoms with Crippen LogP contribution in [-0.2, 0) is 4.79 Å². The molecule has 1 aliphatic carbocycles. The zero-order chi connectivity index (χ0) is 15.0. The number of urea groups is 1. The molecular weight excluding hydrogens is 292 g/mol. The van der Waals surface area contributed by atoms with Crippen molar-refractivity contribution in [2.24, 2.45) is 0 Å². The Morgan fingerprint density at radius 2 is 1.95 bits per heavy atom. The van der Waals surface area contributed by atoms with E-state index in [1.165, 1.54) is 0 Å². The van der Waals surface area contributed by atoms with Gasteiger partial charge in [-0.2, -0.15) is 0 Å². The second-order valence-electron chi connectivity index (χ2n) is 5.67. The fourth-order valence-corrected chi connectivity index (χ4v) is 3.44. The van der Waals surface area contributed by atoms with Gasteiger partial charge < -0.3 is 10.4 Å². The number of aliphatic hydroxyl groups excluding tert-OH is 1. The molecule has 21 heavy (non-hydrogen) atoms. The Hall–Kier alpha value is -1.59. The lowest BCUT2D eigenvalue weighted by atomic mass is 9.98. The first-order valence-corrected chi connectivity index (χ1v) is 7.48. The van der Waals surface area contributed by atoms with Crippen molar-refractivity contribution >= 4 is 23.5 Å². The molecule has 6 heteroatoms. The Bertz CT molecular complexity index is 584. The number of aliphatic hydroxyl groups is 1. The highest BCUT2D eigenvalue weighted by atomic mass is 35.5. The Morgan fingerprint density at radius 1 is 1.29 bits per heavy atom. The van der Waals surface area contributed by atoms with Crippen LogP contribution in [0.15, 0.2) is 24.3 Å². The number of rotatable bonds is 3. The van der Waals surface area contributed by atoms with Gasteiger partial charge in [-0.25, -0.2) is 4.79 Å². The lowest BCUT2D eigenvalue weighted by molar-refractivity contribution is -0.132. The predicted octanol–water partition coefficient (Wildman–Crippen LogP) is 2.24. The van der Waals surface area contributed by atoms with Crippen molar-refractivity contribution in [1.82, 2.24) is 10.2 Å². The highest BCUT2D eigenvalue weighted by Gasteiger charge is 2.52. The maximum Gasteiger partial charge on any atom is 0.325 e. The molecule has 2 fully saturated rings. The summed E-state index contributed by atoms with van der Waals surface area (Å²) in [7, 11) is 0. The van der Waals surface area contributed by atoms with E-state index in [4.69, 9.17) is 11.6 Å². The third-order valence-electron chi connectivity index (χ3n) is 4.32. The number of β-amino-alcohol motifs (C(OH)–C–C–N with tert-alkyl or cyclic N) is 1. The molecule has 1 spiro atoms. The molecule has 1 aromatic carbocycles. The van der Waals surface area contributed by atoms with Crippen LogP contribution in [0.4, 0.5) is 4.79 Å². The van der Waals surface area contributed by atoms with Crippen molar-refractivity contribution in [3.63, 3.8) is 0 Å². The van der Waals surface area contributed by atoms with E-state index in [0.717, 1.165) is 17.7 Å². The summed E-state index contributed by atoms with van der Waals surface area (Å²) in [5.41, 5.74) is -0.218. The van der Waals surface area contributed by atoms with Crippen LogP contribution in [0.3, 0.4) is 0 Å². The summed E-state index contributed by atoms with van der Waals surface area (Å²) in [5.74, 6) is -0.226. The normalized spacial score (nSPS) is 21.9. The summed E-state index contributed by atoms with van der Waals surface area (Å²) in [4.78, 5) is 25.6. The van der Waals surface area contributed by atoms with Crippen LogP contribution in [-0.4, -0.2) is 34.0 Å². The van der Waals surface area contributed by atoms with E-state index < -0.39 is 17.7 Å². The number of carbonyl (C=O) groups is 2. The molecule has 5 nitrogen and oxygen atoms in total. The summed E-state index contributed by atoms with van der Waals surface area (Å²) in [6, 6.07) is 6.46. The third-order valence-corrected chi connectivity index (χ3v) is 4.67. The van der Waals surface area contributed by atoms with Crippen molar-refractivity contribution in [3.8, 4) is 0 Å². The SMILES string of the molecule is O=C1NC2(CCCC2)C(=O)N1CC(O)c1ccccc1Cl. The average molecular weight is 309 g/mol. The molecule has 1 aliphatic heterocycles. The number of amides is 3. The van der Waals surface area contributed by atoms with Crippen LogP contribution >= 0.6 is 11.6 Å². The van der Waals surface area contributed by atoms with Gasteiger partial charge in [0, 0.05) is 10.6 Å². The minimum Gasteiger partial charge on any atom is -0.386 e. The second kappa shape index (κ2) is 5.31. The monoisotopic (exact) mass is 308 g/mol. The lowest BCUT2D eigenvalue weighted by Crippen LogP contribution is -2.44. The van der Waals surface area contributed by atoms with Crippen molar-refractivity contribution in [1.29, 1.82) is 0 Å². The zero-order valence-electron chi connectivity index (χ0n) is 11.5. The van der Waals surface area contributed by atoms with E-state index in [2.05, 4.69) is 5.32 Å². The molecule has 1 atom stereocenters. The van der Waals surface area contributed by atoms with Crippen LogP contribution in [0.1, 0.15) is 37.4 Å². The van der Waals surface area contributed by atoms with Gasteiger partial charge in [0.25, 0.3) is 5.91 Å². The summed E-state index contributed by atoms with van der Waals surface area (Å²) in [6.45, 7) is -0.0733. The fraction of sp³-hybridized carbons (Fsp3) is 0.467. The summed E-state index contributed by atoms with van der Waals surface area (Å²) in [6.07, 6.45) is 2.25. The molecule has 0 radical (unpaired) electrons. The van der Waals surface area contributed by atoms with E-state index in [1.807, 2.05) is 0 Å². The highest BCUT2D eigenvalue weighted by molar-refractivity contribution is 6.31. The zero-order valence-corrected chi connectivity index (χ0v) is 12.3. The van der Waals surface area contributed by atoms with Gasteiger partial charge in [0.05, 0.1) is 12.6 Å². The van der Waals surface area contributed by atoms with Crippen molar-refractivity contribution in [2.75, 3.05) is 6.54 Å². The minimum absolute atomic E-state index is 0.0733. The number of carbonyl (C=O) groups excluding carboxylic acids is 2. The van der Waals surface area contributed by atoms with Gasteiger partial charge >= 0.3 is 6.03 Å². The smallest absolute Gasteiger partial charge is 0.325 e. The molecule has 1 saturated heterocycles. The molecule has 0 aromatic heterocycles. The highest BCUT2D eigenvalue weighted by Crippen LogP contribution is 2.36. The Labute approximate surface area is 127 Å². The van der Waals surface area contributed by atoms with Crippen LogP contribution < -0.4 is 5.32 Å². The van der Waals surface area contributed by atoms with Crippen LogP contribution in [0.2, 0.25) is 5.02 Å². The molecule has 2 aliphatic rings. The number of hydrogen-bond acceptors (Lipinski definition) is 3. The van der Waals surface area contributed by atoms with Crippen molar-refractivity contribution in [3.05, 3.63) is 34.9 Å². The van der Waals surface area contributed by atoms with Crippen LogP contribution in [0.5, 0.6) is 0 Å². The topological polar surface area (TPSA) is 69.6 Å². The van der Waals surface area contributed by atoms with Gasteiger partial charge in [0.1, 0.15) is 5.54 Å². The molecule has 112 valence electrons. The number of hydrogen-bond donors (Lipinski definition) is 2. The largest absolute Gasteiger partial charge is 0.386 e. The Morgan fingerprint density at radius 3 is 2.62 bits per heavy atom. The van der Waals surface area contributed by atoms with Crippen molar-refractivity contribution in [2.45, 2.75) is 37.3 Å². The number of nitrogens with one attached hydrogen (secondary N) is 1. The number of nitrogens with zero attached hydrogens (tertiary/aromatic N) is 1. The first-order chi connectivity index (χ1) is 10.0. The quantitative estimate of drug-likeness (QED) is 0.841. The summed E-state index contributed by atoms with van der Waals surface area (Å²) < 4.78 is 0. The number of halogens is 1.